The van der Waals surface area contributed by atoms with Gasteiger partial charge >= 0.3 is 0 Å². The van der Waals surface area contributed by atoms with Gasteiger partial charge in [0.05, 0.1) is 5.56 Å². The smallest absolute Gasteiger partial charge is 0.269 e. The summed E-state index contributed by atoms with van der Waals surface area (Å²) in [5, 5.41) is 3.58. The van der Waals surface area contributed by atoms with E-state index in [9.17, 15) is 22.8 Å². The van der Waals surface area contributed by atoms with Crippen LogP contribution in [0.15, 0.2) is 47.4 Å². The summed E-state index contributed by atoms with van der Waals surface area (Å²) < 4.78 is 26.5. The zero-order valence-corrected chi connectivity index (χ0v) is 22.0. The molecule has 2 aromatic carbocycles. The molecule has 0 saturated carbocycles. The van der Waals surface area contributed by atoms with Gasteiger partial charge in [-0.1, -0.05) is 55.2 Å². The molecule has 35 heavy (non-hydrogen) atoms. The molecule has 0 aromatic heterocycles. The Hall–Kier alpha value is -2.62. The third-order valence-electron chi connectivity index (χ3n) is 5.93. The second kappa shape index (κ2) is 11.0. The summed E-state index contributed by atoms with van der Waals surface area (Å²) in [7, 11) is -4.19. The van der Waals surface area contributed by atoms with E-state index in [1.807, 2.05) is 13.8 Å². The van der Waals surface area contributed by atoms with Crippen molar-refractivity contribution in [2.45, 2.75) is 57.1 Å². The molecule has 11 heteroatoms. The van der Waals surface area contributed by atoms with Gasteiger partial charge < -0.3 is 10.2 Å². The second-order valence-electron chi connectivity index (χ2n) is 8.31. The number of fused-ring (bicyclic) bond motifs is 1. The molecule has 0 aliphatic carbocycles. The lowest BCUT2D eigenvalue weighted by Gasteiger charge is -2.32. The number of hydrogen-bond acceptors (Lipinski definition) is 5. The van der Waals surface area contributed by atoms with Crippen molar-refractivity contribution >= 4 is 50.9 Å². The predicted molar refractivity (Wildman–Crippen MR) is 134 cm³/mol. The molecular formula is C24H27Cl2N3O5S. The van der Waals surface area contributed by atoms with Gasteiger partial charge in [0.25, 0.3) is 15.9 Å². The number of nitrogens with zero attached hydrogens (tertiary/aromatic N) is 2. The first kappa shape index (κ1) is 27.0. The molecule has 2 aromatic rings. The third kappa shape index (κ3) is 5.63. The number of hydrogen-bond donors (Lipinski definition) is 1. The van der Waals surface area contributed by atoms with Crippen molar-refractivity contribution in [3.05, 3.63) is 63.6 Å². The summed E-state index contributed by atoms with van der Waals surface area (Å²) in [6.45, 7) is 4.70. The van der Waals surface area contributed by atoms with Crippen LogP contribution in [0.25, 0.3) is 0 Å². The quantitative estimate of drug-likeness (QED) is 0.520. The fourth-order valence-electron chi connectivity index (χ4n) is 3.79. The number of benzene rings is 2. The Labute approximate surface area is 215 Å². The van der Waals surface area contributed by atoms with E-state index in [-0.39, 0.29) is 35.4 Å². The van der Waals surface area contributed by atoms with Gasteiger partial charge in [-0.25, -0.2) is 12.7 Å². The zero-order chi connectivity index (χ0) is 25.9. The van der Waals surface area contributed by atoms with Gasteiger partial charge in [-0.05, 0) is 49.6 Å². The van der Waals surface area contributed by atoms with E-state index in [4.69, 9.17) is 23.2 Å². The topological polar surface area (TPSA) is 104 Å². The molecule has 1 N–H and O–H groups in total. The second-order valence-corrected chi connectivity index (χ2v) is 11.0. The maximum atomic E-state index is 13.5. The minimum Gasteiger partial charge on any atom is -0.352 e. The molecule has 1 aliphatic heterocycles. The van der Waals surface area contributed by atoms with Crippen molar-refractivity contribution in [2.24, 2.45) is 0 Å². The number of sulfonamides is 1. The average molecular weight is 540 g/mol. The Kier molecular flexibility index (Phi) is 8.46. The van der Waals surface area contributed by atoms with Gasteiger partial charge in [0.1, 0.15) is 17.5 Å². The molecule has 1 heterocycles. The summed E-state index contributed by atoms with van der Waals surface area (Å²) in [6.07, 6.45) is 0.956. The van der Waals surface area contributed by atoms with Crippen molar-refractivity contribution in [3.63, 3.8) is 0 Å². The number of amides is 3. The highest BCUT2D eigenvalue weighted by atomic mass is 35.5. The van der Waals surface area contributed by atoms with Crippen molar-refractivity contribution in [2.75, 3.05) is 6.54 Å². The molecule has 0 radical (unpaired) electrons. The number of nitrogens with one attached hydrogen (secondary N) is 1. The van der Waals surface area contributed by atoms with Crippen LogP contribution in [0, 0.1) is 0 Å². The summed E-state index contributed by atoms with van der Waals surface area (Å²) in [6, 6.07) is 9.52. The summed E-state index contributed by atoms with van der Waals surface area (Å²) in [5.41, 5.74) is 0.534. The first-order valence-electron chi connectivity index (χ1n) is 11.2. The minimum atomic E-state index is -4.19. The molecule has 188 valence electrons. The third-order valence-corrected chi connectivity index (χ3v) is 8.31. The number of rotatable bonds is 9. The molecule has 1 aliphatic rings. The van der Waals surface area contributed by atoms with Gasteiger partial charge in [0, 0.05) is 22.6 Å². The van der Waals surface area contributed by atoms with Gasteiger partial charge in [-0.2, -0.15) is 0 Å². The van der Waals surface area contributed by atoms with E-state index in [0.29, 0.717) is 26.3 Å². The maximum absolute atomic E-state index is 13.5. The number of carbonyl (C=O) groups is 3. The summed E-state index contributed by atoms with van der Waals surface area (Å²) >= 11 is 12.3. The summed E-state index contributed by atoms with van der Waals surface area (Å²) in [4.78, 5) is 40.6. The molecule has 0 unspecified atom stereocenters. The lowest BCUT2D eigenvalue weighted by molar-refractivity contribution is -0.141. The highest BCUT2D eigenvalue weighted by molar-refractivity contribution is 7.90. The monoisotopic (exact) mass is 539 g/mol. The highest BCUT2D eigenvalue weighted by Crippen LogP contribution is 2.30. The molecule has 0 fully saturated rings. The average Bonchev–Trinajstić information content (AvgIpc) is 3.00. The number of halogens is 2. The van der Waals surface area contributed by atoms with Crippen LogP contribution in [0.2, 0.25) is 10.0 Å². The highest BCUT2D eigenvalue weighted by Gasteiger charge is 2.43. The van der Waals surface area contributed by atoms with E-state index in [1.165, 1.54) is 29.2 Å². The van der Waals surface area contributed by atoms with E-state index >= 15 is 0 Å². The van der Waals surface area contributed by atoms with Crippen LogP contribution in [-0.2, 0) is 26.2 Å². The molecule has 2 atom stereocenters. The fraction of sp³-hybridized carbons (Fsp3) is 0.375. The van der Waals surface area contributed by atoms with E-state index < -0.39 is 34.4 Å². The molecule has 0 spiro atoms. The van der Waals surface area contributed by atoms with Crippen LogP contribution in [0.3, 0.4) is 0 Å². The molecule has 3 amide bonds. The van der Waals surface area contributed by atoms with Crippen molar-refractivity contribution < 1.29 is 22.8 Å². The predicted octanol–water partition coefficient (Wildman–Crippen LogP) is 3.86. The lowest BCUT2D eigenvalue weighted by Crippen LogP contribution is -2.53. The molecule has 3 rings (SSSR count). The molecule has 8 nitrogen and oxygen atoms in total. The number of carbonyl (C=O) groups excluding carboxylic acids is 3. The standard InChI is InChI=1S/C24H27Cl2N3O5S/c1-4-15(3)27-23(31)20(5-2)28(13-16-10-11-17(25)12-19(16)26)22(30)14-29-24(32)18-8-6-7-9-21(18)35(29,33)34/h6-12,15,20H,4-5,13-14H2,1-3H3,(H,27,31)/t15-,20+/m1/s1. The van der Waals surface area contributed by atoms with Gasteiger partial charge in [-0.15, -0.1) is 0 Å². The fourth-order valence-corrected chi connectivity index (χ4v) is 5.78. The Morgan fingerprint density at radius 3 is 2.37 bits per heavy atom. The first-order valence-corrected chi connectivity index (χ1v) is 13.4. The minimum absolute atomic E-state index is 0.00847. The van der Waals surface area contributed by atoms with Gasteiger partial charge in [0.15, 0.2) is 0 Å². The van der Waals surface area contributed by atoms with Crippen LogP contribution >= 0.6 is 23.2 Å². The van der Waals surface area contributed by atoms with E-state index in [0.717, 1.165) is 0 Å². The first-order chi connectivity index (χ1) is 16.5. The largest absolute Gasteiger partial charge is 0.352 e. The Balaban J connectivity index is 1.95. The van der Waals surface area contributed by atoms with Crippen LogP contribution < -0.4 is 5.32 Å². The van der Waals surface area contributed by atoms with Crippen LogP contribution in [0.1, 0.15) is 49.5 Å². The molecule has 0 saturated heterocycles. The lowest BCUT2D eigenvalue weighted by atomic mass is 10.1. The Morgan fingerprint density at radius 1 is 1.09 bits per heavy atom. The molecular weight excluding hydrogens is 513 g/mol. The SMILES string of the molecule is CC[C@@H](C)NC(=O)[C@H](CC)N(Cc1ccc(Cl)cc1Cl)C(=O)CN1C(=O)c2ccccc2S1(=O)=O. The Bertz CT molecular complexity index is 1250. The normalized spacial score (nSPS) is 15.9. The molecule has 0 bridgehead atoms. The van der Waals surface area contributed by atoms with Crippen LogP contribution in [0.5, 0.6) is 0 Å². The maximum Gasteiger partial charge on any atom is 0.269 e. The van der Waals surface area contributed by atoms with E-state index in [1.54, 1.807) is 25.1 Å². The van der Waals surface area contributed by atoms with Gasteiger partial charge in [-0.3, -0.25) is 14.4 Å². The zero-order valence-electron chi connectivity index (χ0n) is 19.6. The van der Waals surface area contributed by atoms with Crippen molar-refractivity contribution in [1.29, 1.82) is 0 Å². The van der Waals surface area contributed by atoms with Crippen molar-refractivity contribution in [1.82, 2.24) is 14.5 Å². The van der Waals surface area contributed by atoms with Crippen LogP contribution in [-0.4, -0.2) is 54.0 Å². The van der Waals surface area contributed by atoms with E-state index in [2.05, 4.69) is 5.32 Å². The van der Waals surface area contributed by atoms with Crippen molar-refractivity contribution in [3.8, 4) is 0 Å². The van der Waals surface area contributed by atoms with Gasteiger partial charge in [0.2, 0.25) is 11.8 Å². The Morgan fingerprint density at radius 2 is 1.77 bits per heavy atom. The van der Waals surface area contributed by atoms with Crippen LogP contribution in [0.4, 0.5) is 0 Å². The summed E-state index contributed by atoms with van der Waals surface area (Å²) in [5.74, 6) is -1.86.